The van der Waals surface area contributed by atoms with Gasteiger partial charge in [0.2, 0.25) is 0 Å². The first-order valence-corrected chi connectivity index (χ1v) is 9.28. The van der Waals surface area contributed by atoms with E-state index >= 15 is 0 Å². The number of carboxylic acid groups (broad SMARTS) is 1. The first kappa shape index (κ1) is 20.7. The monoisotopic (exact) mass is 437 g/mol. The first-order valence-electron chi connectivity index (χ1n) is 8.05. The molecule has 3 rings (SSSR count). The molecule has 0 aliphatic carbocycles. The number of carboxylic acids is 1. The van der Waals surface area contributed by atoms with Crippen molar-refractivity contribution in [3.05, 3.63) is 52.4 Å². The number of aliphatic carboxylic acids is 1. The number of benzene rings is 2. The van der Waals surface area contributed by atoms with Crippen molar-refractivity contribution in [2.45, 2.75) is 0 Å². The number of thioether (sulfide) groups is 1. The molecule has 1 fully saturated rings. The summed E-state index contributed by atoms with van der Waals surface area (Å²) in [6, 6.07) is 6.44. The van der Waals surface area contributed by atoms with Gasteiger partial charge >= 0.3 is 5.97 Å². The van der Waals surface area contributed by atoms with Gasteiger partial charge in [0, 0.05) is 5.56 Å². The van der Waals surface area contributed by atoms with E-state index in [0.717, 1.165) is 23.9 Å². The molecule has 10 heteroatoms. The van der Waals surface area contributed by atoms with Crippen molar-refractivity contribution < 1.29 is 33.0 Å². The summed E-state index contributed by atoms with van der Waals surface area (Å²) in [5, 5.41) is 11.4. The van der Waals surface area contributed by atoms with Crippen LogP contribution in [-0.2, 0) is 9.59 Å². The second kappa shape index (κ2) is 8.58. The Morgan fingerprint density at radius 1 is 1.24 bits per heavy atom. The van der Waals surface area contributed by atoms with E-state index in [-0.39, 0.29) is 20.7 Å². The molecule has 1 heterocycles. The molecule has 0 aromatic heterocycles. The Morgan fingerprint density at radius 2 is 2.00 bits per heavy atom. The van der Waals surface area contributed by atoms with Crippen LogP contribution in [0.15, 0.2) is 35.2 Å². The molecule has 1 saturated heterocycles. The molecule has 0 spiro atoms. The third-order valence-corrected chi connectivity index (χ3v) is 4.99. The molecule has 0 radical (unpaired) electrons. The van der Waals surface area contributed by atoms with Crippen molar-refractivity contribution in [2.75, 3.05) is 13.7 Å². The zero-order valence-corrected chi connectivity index (χ0v) is 16.5. The lowest BCUT2D eigenvalue weighted by atomic mass is 10.0. The summed E-state index contributed by atoms with van der Waals surface area (Å²) in [6.45, 7) is -0.644. The summed E-state index contributed by atoms with van der Waals surface area (Å²) in [6.07, 6.45) is 1.46. The molecule has 2 N–H and O–H groups in total. The third kappa shape index (κ3) is 4.72. The summed E-state index contributed by atoms with van der Waals surface area (Å²) < 4.78 is 37.9. The number of rotatable bonds is 6. The van der Waals surface area contributed by atoms with Gasteiger partial charge in [-0.15, -0.1) is 0 Å². The van der Waals surface area contributed by atoms with E-state index in [9.17, 15) is 18.4 Å². The van der Waals surface area contributed by atoms with Gasteiger partial charge in [-0.05, 0) is 41.5 Å². The van der Waals surface area contributed by atoms with Crippen LogP contribution < -0.4 is 14.8 Å². The second-order valence-corrected chi connectivity index (χ2v) is 7.48. The number of thiocarbonyl (C=S) groups is 1. The highest BCUT2D eigenvalue weighted by Gasteiger charge is 2.24. The normalized spacial score (nSPS) is 14.8. The Hall–Kier alpha value is -2.98. The van der Waals surface area contributed by atoms with E-state index in [1.54, 1.807) is 6.07 Å². The highest BCUT2D eigenvalue weighted by Crippen LogP contribution is 2.39. The van der Waals surface area contributed by atoms with E-state index in [0.29, 0.717) is 16.7 Å². The Balaban J connectivity index is 2.16. The van der Waals surface area contributed by atoms with Crippen molar-refractivity contribution in [2.24, 2.45) is 0 Å². The van der Waals surface area contributed by atoms with Crippen LogP contribution in [0, 0.1) is 11.6 Å². The van der Waals surface area contributed by atoms with E-state index in [4.69, 9.17) is 26.8 Å². The molecule has 0 saturated carbocycles. The van der Waals surface area contributed by atoms with Gasteiger partial charge in [-0.3, -0.25) is 4.79 Å². The molecule has 1 amide bonds. The standard InChI is InChI=1S/C19H13F2NO5S2/c1-26-14-6-10(9-2-3-12(20)13(21)5-9)4-11(17(14)27-8-16(23)24)7-15-18(25)22-19(28)29-15/h2-7H,8H2,1H3,(H,23,24)(H,22,25,28)/b15-7-. The fraction of sp³-hybridized carbons (Fsp3) is 0.105. The van der Waals surface area contributed by atoms with Crippen LogP contribution in [0.3, 0.4) is 0 Å². The molecular weight excluding hydrogens is 424 g/mol. The van der Waals surface area contributed by atoms with Gasteiger partial charge in [0.05, 0.1) is 12.0 Å². The molecular formula is C19H13F2NO5S2. The lowest BCUT2D eigenvalue weighted by Gasteiger charge is -2.15. The maximum absolute atomic E-state index is 13.7. The average Bonchev–Trinajstić information content (AvgIpc) is 2.99. The quantitative estimate of drug-likeness (QED) is 0.528. The van der Waals surface area contributed by atoms with Gasteiger partial charge in [0.25, 0.3) is 5.91 Å². The summed E-state index contributed by atoms with van der Waals surface area (Å²) in [5.41, 5.74) is 1.11. The zero-order chi connectivity index (χ0) is 21.1. The van der Waals surface area contributed by atoms with Crippen molar-refractivity contribution in [3.8, 4) is 22.6 Å². The van der Waals surface area contributed by atoms with Crippen LogP contribution in [-0.4, -0.2) is 35.0 Å². The summed E-state index contributed by atoms with van der Waals surface area (Å²) in [7, 11) is 1.35. The summed E-state index contributed by atoms with van der Waals surface area (Å²) in [4.78, 5) is 23.2. The lowest BCUT2D eigenvalue weighted by molar-refractivity contribution is -0.139. The molecule has 6 nitrogen and oxygen atoms in total. The Morgan fingerprint density at radius 3 is 2.59 bits per heavy atom. The van der Waals surface area contributed by atoms with Crippen LogP contribution in [0.4, 0.5) is 8.78 Å². The van der Waals surface area contributed by atoms with Gasteiger partial charge < -0.3 is 19.9 Å². The van der Waals surface area contributed by atoms with Gasteiger partial charge in [-0.1, -0.05) is 30.0 Å². The minimum Gasteiger partial charge on any atom is -0.493 e. The minimum atomic E-state index is -1.20. The fourth-order valence-corrected chi connectivity index (χ4v) is 3.61. The van der Waals surface area contributed by atoms with Crippen LogP contribution in [0.1, 0.15) is 5.56 Å². The molecule has 0 bridgehead atoms. The number of amides is 1. The highest BCUT2D eigenvalue weighted by atomic mass is 32.2. The molecule has 0 unspecified atom stereocenters. The predicted molar refractivity (Wildman–Crippen MR) is 108 cm³/mol. The van der Waals surface area contributed by atoms with E-state index in [1.165, 1.54) is 25.3 Å². The van der Waals surface area contributed by atoms with Crippen LogP contribution >= 0.6 is 24.0 Å². The SMILES string of the molecule is COc1cc(-c2ccc(F)c(F)c2)cc(/C=C2\SC(=S)NC2=O)c1OCC(=O)O. The van der Waals surface area contributed by atoms with Crippen molar-refractivity contribution in [3.63, 3.8) is 0 Å². The average molecular weight is 437 g/mol. The van der Waals surface area contributed by atoms with Gasteiger partial charge in [0.1, 0.15) is 4.32 Å². The Bertz CT molecular complexity index is 1060. The van der Waals surface area contributed by atoms with Gasteiger partial charge in [0.15, 0.2) is 29.7 Å². The van der Waals surface area contributed by atoms with Crippen molar-refractivity contribution >= 4 is 46.3 Å². The first-order chi connectivity index (χ1) is 13.8. The van der Waals surface area contributed by atoms with E-state index in [2.05, 4.69) is 5.32 Å². The number of carbonyl (C=O) groups is 2. The highest BCUT2D eigenvalue weighted by molar-refractivity contribution is 8.26. The van der Waals surface area contributed by atoms with Gasteiger partial charge in [-0.25, -0.2) is 13.6 Å². The zero-order valence-electron chi connectivity index (χ0n) is 14.8. The van der Waals surface area contributed by atoms with Crippen molar-refractivity contribution in [1.29, 1.82) is 0 Å². The summed E-state index contributed by atoms with van der Waals surface area (Å²) in [5.74, 6) is -3.39. The number of hydrogen-bond acceptors (Lipinski definition) is 6. The number of nitrogens with one attached hydrogen (secondary N) is 1. The van der Waals surface area contributed by atoms with Crippen LogP contribution in [0.5, 0.6) is 11.5 Å². The molecule has 0 atom stereocenters. The molecule has 1 aliphatic heterocycles. The predicted octanol–water partition coefficient (Wildman–Crippen LogP) is 3.59. The molecule has 2 aromatic carbocycles. The second-order valence-electron chi connectivity index (χ2n) is 5.76. The Labute approximate surface area is 173 Å². The largest absolute Gasteiger partial charge is 0.493 e. The number of hydrogen-bond donors (Lipinski definition) is 2. The Kier molecular flexibility index (Phi) is 6.14. The van der Waals surface area contributed by atoms with E-state index < -0.39 is 30.1 Å². The third-order valence-electron chi connectivity index (χ3n) is 3.83. The molecule has 1 aliphatic rings. The molecule has 150 valence electrons. The molecule has 2 aromatic rings. The summed E-state index contributed by atoms with van der Waals surface area (Å²) >= 11 is 6.00. The number of ether oxygens (including phenoxy) is 2. The van der Waals surface area contributed by atoms with E-state index in [1.807, 2.05) is 0 Å². The maximum Gasteiger partial charge on any atom is 0.341 e. The number of halogens is 2. The van der Waals surface area contributed by atoms with Crippen LogP contribution in [0.25, 0.3) is 17.2 Å². The minimum absolute atomic E-state index is 0.0833. The maximum atomic E-state index is 13.7. The lowest BCUT2D eigenvalue weighted by Crippen LogP contribution is -2.17. The van der Waals surface area contributed by atoms with Crippen molar-refractivity contribution in [1.82, 2.24) is 5.32 Å². The topological polar surface area (TPSA) is 84.9 Å². The van der Waals surface area contributed by atoms with Gasteiger partial charge in [-0.2, -0.15) is 0 Å². The number of carbonyl (C=O) groups excluding carboxylic acids is 1. The van der Waals surface area contributed by atoms with Crippen LogP contribution in [0.2, 0.25) is 0 Å². The number of methoxy groups -OCH3 is 1. The fourth-order valence-electron chi connectivity index (χ4n) is 2.58. The molecule has 29 heavy (non-hydrogen) atoms. The smallest absolute Gasteiger partial charge is 0.341 e.